The predicted molar refractivity (Wildman–Crippen MR) is 51.7 cm³/mol. The van der Waals surface area contributed by atoms with Gasteiger partial charge in [-0.25, -0.2) is 4.98 Å². The standard InChI is InChI=1S/C9H15N3O/c1-7-6-11-8(2)9(12-7)10-4-3-5-13/h6,13H,3-5H2,1-2H3,(H,10,12). The van der Waals surface area contributed by atoms with Crippen molar-refractivity contribution >= 4 is 5.82 Å². The molecule has 0 aromatic carbocycles. The van der Waals surface area contributed by atoms with Gasteiger partial charge in [0, 0.05) is 19.3 Å². The van der Waals surface area contributed by atoms with E-state index in [9.17, 15) is 0 Å². The van der Waals surface area contributed by atoms with Crippen molar-refractivity contribution in [2.75, 3.05) is 18.5 Å². The molecule has 72 valence electrons. The third-order valence-corrected chi connectivity index (χ3v) is 1.70. The fourth-order valence-electron chi connectivity index (χ4n) is 0.991. The smallest absolute Gasteiger partial charge is 0.147 e. The molecule has 1 aromatic heterocycles. The summed E-state index contributed by atoms with van der Waals surface area (Å²) in [7, 11) is 0. The van der Waals surface area contributed by atoms with Gasteiger partial charge in [-0.2, -0.15) is 0 Å². The Morgan fingerprint density at radius 1 is 1.46 bits per heavy atom. The number of hydrogen-bond donors (Lipinski definition) is 2. The van der Waals surface area contributed by atoms with Gasteiger partial charge in [0.25, 0.3) is 0 Å². The number of rotatable bonds is 4. The van der Waals surface area contributed by atoms with Crippen molar-refractivity contribution < 1.29 is 5.11 Å². The van der Waals surface area contributed by atoms with Crippen molar-refractivity contribution in [2.24, 2.45) is 0 Å². The lowest BCUT2D eigenvalue weighted by atomic mass is 10.4. The molecule has 0 atom stereocenters. The first-order valence-electron chi connectivity index (χ1n) is 4.39. The molecule has 2 N–H and O–H groups in total. The zero-order valence-corrected chi connectivity index (χ0v) is 8.04. The Morgan fingerprint density at radius 2 is 2.23 bits per heavy atom. The van der Waals surface area contributed by atoms with Crippen molar-refractivity contribution in [1.82, 2.24) is 9.97 Å². The summed E-state index contributed by atoms with van der Waals surface area (Å²) in [5.74, 6) is 0.813. The lowest BCUT2D eigenvalue weighted by Gasteiger charge is -2.07. The van der Waals surface area contributed by atoms with E-state index in [4.69, 9.17) is 5.11 Å². The number of anilines is 1. The van der Waals surface area contributed by atoms with Crippen LogP contribution in [-0.2, 0) is 0 Å². The third-order valence-electron chi connectivity index (χ3n) is 1.70. The number of aliphatic hydroxyl groups is 1. The average Bonchev–Trinajstić information content (AvgIpc) is 2.11. The van der Waals surface area contributed by atoms with Gasteiger partial charge < -0.3 is 10.4 Å². The summed E-state index contributed by atoms with van der Waals surface area (Å²) in [4.78, 5) is 8.46. The van der Waals surface area contributed by atoms with Crippen LogP contribution in [0.15, 0.2) is 6.20 Å². The monoisotopic (exact) mass is 181 g/mol. The Kier molecular flexibility index (Phi) is 3.64. The molecule has 0 bridgehead atoms. The number of aryl methyl sites for hydroxylation is 2. The molecule has 0 aliphatic carbocycles. The van der Waals surface area contributed by atoms with Gasteiger partial charge in [0.1, 0.15) is 5.82 Å². The number of aromatic nitrogens is 2. The van der Waals surface area contributed by atoms with Crippen molar-refractivity contribution in [3.8, 4) is 0 Å². The van der Waals surface area contributed by atoms with E-state index in [1.807, 2.05) is 13.8 Å². The summed E-state index contributed by atoms with van der Waals surface area (Å²) >= 11 is 0. The molecular formula is C9H15N3O. The molecule has 0 amide bonds. The Labute approximate surface area is 78.0 Å². The van der Waals surface area contributed by atoms with Gasteiger partial charge in [-0.15, -0.1) is 0 Å². The van der Waals surface area contributed by atoms with E-state index in [1.54, 1.807) is 6.20 Å². The maximum atomic E-state index is 8.59. The van der Waals surface area contributed by atoms with Crippen LogP contribution in [0, 0.1) is 13.8 Å². The van der Waals surface area contributed by atoms with Gasteiger partial charge in [0.2, 0.25) is 0 Å². The van der Waals surface area contributed by atoms with Crippen LogP contribution in [0.5, 0.6) is 0 Å². The van der Waals surface area contributed by atoms with Gasteiger partial charge in [-0.1, -0.05) is 0 Å². The molecule has 0 unspecified atom stereocenters. The lowest BCUT2D eigenvalue weighted by molar-refractivity contribution is 0.292. The van der Waals surface area contributed by atoms with Crippen LogP contribution in [-0.4, -0.2) is 28.2 Å². The van der Waals surface area contributed by atoms with Crippen LogP contribution < -0.4 is 5.32 Å². The molecule has 0 aliphatic rings. The zero-order chi connectivity index (χ0) is 9.68. The lowest BCUT2D eigenvalue weighted by Crippen LogP contribution is -2.07. The van der Waals surface area contributed by atoms with Crippen molar-refractivity contribution in [2.45, 2.75) is 20.3 Å². The number of nitrogens with one attached hydrogen (secondary N) is 1. The molecule has 0 radical (unpaired) electrons. The molecule has 4 nitrogen and oxygen atoms in total. The second kappa shape index (κ2) is 4.77. The van der Waals surface area contributed by atoms with Crippen LogP contribution in [0.2, 0.25) is 0 Å². The van der Waals surface area contributed by atoms with Gasteiger partial charge in [-0.05, 0) is 20.3 Å². The van der Waals surface area contributed by atoms with E-state index in [0.717, 1.165) is 30.2 Å². The molecule has 0 saturated heterocycles. The molecule has 13 heavy (non-hydrogen) atoms. The molecule has 0 spiro atoms. The fraction of sp³-hybridized carbons (Fsp3) is 0.556. The Morgan fingerprint density at radius 3 is 2.92 bits per heavy atom. The summed E-state index contributed by atoms with van der Waals surface area (Å²) in [6, 6.07) is 0. The molecule has 0 saturated carbocycles. The van der Waals surface area contributed by atoms with E-state index in [1.165, 1.54) is 0 Å². The van der Waals surface area contributed by atoms with Crippen molar-refractivity contribution in [3.05, 3.63) is 17.6 Å². The quantitative estimate of drug-likeness (QED) is 0.677. The highest BCUT2D eigenvalue weighted by Crippen LogP contribution is 2.07. The maximum absolute atomic E-state index is 8.59. The largest absolute Gasteiger partial charge is 0.396 e. The molecule has 1 rings (SSSR count). The van der Waals surface area contributed by atoms with E-state index in [2.05, 4.69) is 15.3 Å². The Hall–Kier alpha value is -1.16. The summed E-state index contributed by atoms with van der Waals surface area (Å²) in [5.41, 5.74) is 1.79. The third kappa shape index (κ3) is 2.99. The minimum atomic E-state index is 0.200. The summed E-state index contributed by atoms with van der Waals surface area (Å²) < 4.78 is 0. The van der Waals surface area contributed by atoms with Crippen LogP contribution in [0.1, 0.15) is 17.8 Å². The highest BCUT2D eigenvalue weighted by atomic mass is 16.3. The SMILES string of the molecule is Cc1cnc(C)c(NCCCO)n1. The van der Waals surface area contributed by atoms with E-state index in [0.29, 0.717) is 0 Å². The second-order valence-electron chi connectivity index (χ2n) is 2.95. The normalized spacial score (nSPS) is 10.1. The van der Waals surface area contributed by atoms with Crippen LogP contribution in [0.4, 0.5) is 5.82 Å². The van der Waals surface area contributed by atoms with Crippen LogP contribution >= 0.6 is 0 Å². The Balaban J connectivity index is 2.59. The first-order chi connectivity index (χ1) is 6.24. The zero-order valence-electron chi connectivity index (χ0n) is 8.04. The summed E-state index contributed by atoms with van der Waals surface area (Å²) in [5, 5.41) is 11.7. The fourth-order valence-corrected chi connectivity index (χ4v) is 0.991. The van der Waals surface area contributed by atoms with Gasteiger partial charge >= 0.3 is 0 Å². The highest BCUT2D eigenvalue weighted by molar-refractivity contribution is 5.39. The topological polar surface area (TPSA) is 58.0 Å². The second-order valence-corrected chi connectivity index (χ2v) is 2.95. The minimum absolute atomic E-state index is 0.200. The number of hydrogen-bond acceptors (Lipinski definition) is 4. The van der Waals surface area contributed by atoms with Gasteiger partial charge in [0.15, 0.2) is 0 Å². The van der Waals surface area contributed by atoms with Crippen molar-refractivity contribution in [3.63, 3.8) is 0 Å². The molecule has 1 aromatic rings. The summed E-state index contributed by atoms with van der Waals surface area (Å²) in [6.07, 6.45) is 2.47. The maximum Gasteiger partial charge on any atom is 0.147 e. The van der Waals surface area contributed by atoms with Gasteiger partial charge in [-0.3, -0.25) is 4.98 Å². The average molecular weight is 181 g/mol. The van der Waals surface area contributed by atoms with Gasteiger partial charge in [0.05, 0.1) is 11.4 Å². The number of nitrogens with zero attached hydrogens (tertiary/aromatic N) is 2. The highest BCUT2D eigenvalue weighted by Gasteiger charge is 1.99. The Bertz CT molecular complexity index is 276. The molecule has 1 heterocycles. The predicted octanol–water partition coefficient (Wildman–Crippen LogP) is 0.888. The summed E-state index contributed by atoms with van der Waals surface area (Å²) in [6.45, 7) is 4.75. The first-order valence-corrected chi connectivity index (χ1v) is 4.39. The number of aliphatic hydroxyl groups excluding tert-OH is 1. The van der Waals surface area contributed by atoms with E-state index in [-0.39, 0.29) is 6.61 Å². The molecule has 0 aliphatic heterocycles. The first kappa shape index (κ1) is 9.92. The molecular weight excluding hydrogens is 166 g/mol. The van der Waals surface area contributed by atoms with Crippen LogP contribution in [0.3, 0.4) is 0 Å². The van der Waals surface area contributed by atoms with Crippen LogP contribution in [0.25, 0.3) is 0 Å². The minimum Gasteiger partial charge on any atom is -0.396 e. The van der Waals surface area contributed by atoms with Crippen molar-refractivity contribution in [1.29, 1.82) is 0 Å². The van der Waals surface area contributed by atoms with E-state index < -0.39 is 0 Å². The van der Waals surface area contributed by atoms with E-state index >= 15 is 0 Å². The molecule has 0 fully saturated rings. The molecule has 4 heteroatoms.